The first-order valence-corrected chi connectivity index (χ1v) is 7.97. The Balaban J connectivity index is 1.80. The summed E-state index contributed by atoms with van der Waals surface area (Å²) in [5, 5.41) is 7.41. The molecule has 3 heterocycles. The number of fused-ring (bicyclic) bond motifs is 1. The fraction of sp³-hybridized carbons (Fsp3) is 0.562. The van der Waals surface area contributed by atoms with Crippen LogP contribution in [0, 0.1) is 6.92 Å². The van der Waals surface area contributed by atoms with Crippen molar-refractivity contribution >= 4 is 5.91 Å². The summed E-state index contributed by atoms with van der Waals surface area (Å²) in [7, 11) is 1.96. The van der Waals surface area contributed by atoms with Gasteiger partial charge in [-0.05, 0) is 26.8 Å². The average Bonchev–Trinajstić information content (AvgIpc) is 3.04. The molecular weight excluding hydrogens is 292 g/mol. The van der Waals surface area contributed by atoms with E-state index in [0.717, 1.165) is 30.2 Å². The minimum atomic E-state index is -0.238. The maximum absolute atomic E-state index is 12.5. The quantitative estimate of drug-likeness (QED) is 0.914. The van der Waals surface area contributed by atoms with Crippen LogP contribution in [-0.4, -0.2) is 42.7 Å². The molecule has 0 aliphatic carbocycles. The molecule has 0 aromatic carbocycles. The van der Waals surface area contributed by atoms with E-state index in [1.54, 1.807) is 6.33 Å². The van der Waals surface area contributed by atoms with E-state index in [1.165, 1.54) is 0 Å². The number of hydrogen-bond donors (Lipinski definition) is 1. The molecule has 0 bridgehead atoms. The molecule has 0 spiro atoms. The number of nitrogens with one attached hydrogen (secondary N) is 1. The Bertz CT molecular complexity index is 701. The van der Waals surface area contributed by atoms with Gasteiger partial charge in [0, 0.05) is 38.9 Å². The molecule has 7 heteroatoms. The van der Waals surface area contributed by atoms with Gasteiger partial charge in [0.1, 0.15) is 6.04 Å². The molecule has 1 amide bonds. The number of nitrogens with zero attached hydrogens (tertiary/aromatic N) is 5. The molecule has 124 valence electrons. The number of aromatic nitrogens is 4. The number of carbonyl (C=O) groups excluding carboxylic acids is 1. The zero-order valence-electron chi connectivity index (χ0n) is 14.2. The van der Waals surface area contributed by atoms with Crippen LogP contribution in [0.1, 0.15) is 37.0 Å². The molecule has 0 saturated carbocycles. The van der Waals surface area contributed by atoms with E-state index in [1.807, 2.05) is 43.3 Å². The van der Waals surface area contributed by atoms with Gasteiger partial charge in [-0.25, -0.2) is 4.98 Å². The highest BCUT2D eigenvalue weighted by Crippen LogP contribution is 2.23. The number of aryl methyl sites for hydroxylation is 2. The van der Waals surface area contributed by atoms with E-state index < -0.39 is 0 Å². The second-order valence-corrected chi connectivity index (χ2v) is 6.54. The molecule has 1 aliphatic heterocycles. The summed E-state index contributed by atoms with van der Waals surface area (Å²) in [5.74, 6) is 0.0464. The maximum atomic E-state index is 12.5. The minimum absolute atomic E-state index is 0.0464. The van der Waals surface area contributed by atoms with Gasteiger partial charge in [0.2, 0.25) is 5.91 Å². The van der Waals surface area contributed by atoms with E-state index in [-0.39, 0.29) is 18.0 Å². The van der Waals surface area contributed by atoms with Crippen molar-refractivity contribution in [3.63, 3.8) is 0 Å². The van der Waals surface area contributed by atoms with Gasteiger partial charge in [0.05, 0.1) is 23.4 Å². The molecule has 1 aliphatic rings. The van der Waals surface area contributed by atoms with Crippen LogP contribution in [0.2, 0.25) is 0 Å². The van der Waals surface area contributed by atoms with Gasteiger partial charge >= 0.3 is 0 Å². The summed E-state index contributed by atoms with van der Waals surface area (Å²) < 4.78 is 3.90. The average molecular weight is 316 g/mol. The Morgan fingerprint density at radius 1 is 1.48 bits per heavy atom. The lowest BCUT2D eigenvalue weighted by Gasteiger charge is -2.34. The summed E-state index contributed by atoms with van der Waals surface area (Å²) >= 11 is 0. The molecule has 2 aromatic heterocycles. The van der Waals surface area contributed by atoms with Crippen LogP contribution in [0.15, 0.2) is 18.6 Å². The molecular formula is C16H24N6O. The van der Waals surface area contributed by atoms with Crippen LogP contribution in [0.5, 0.6) is 0 Å². The van der Waals surface area contributed by atoms with Gasteiger partial charge in [-0.1, -0.05) is 0 Å². The summed E-state index contributed by atoms with van der Waals surface area (Å²) in [4.78, 5) is 19.0. The monoisotopic (exact) mass is 316 g/mol. The van der Waals surface area contributed by atoms with Crippen LogP contribution in [0.4, 0.5) is 0 Å². The highest BCUT2D eigenvalue weighted by molar-refractivity contribution is 5.81. The fourth-order valence-corrected chi connectivity index (χ4v) is 3.11. The normalized spacial score (nSPS) is 18.2. The molecule has 1 atom stereocenters. The van der Waals surface area contributed by atoms with E-state index in [9.17, 15) is 4.79 Å². The zero-order valence-corrected chi connectivity index (χ0v) is 14.2. The number of carbonyl (C=O) groups is 1. The Hall–Kier alpha value is -2.15. The molecule has 0 unspecified atom stereocenters. The lowest BCUT2D eigenvalue weighted by Crippen LogP contribution is -2.45. The molecule has 2 aromatic rings. The smallest absolute Gasteiger partial charge is 0.244 e. The van der Waals surface area contributed by atoms with Gasteiger partial charge in [-0.2, -0.15) is 5.10 Å². The molecule has 3 rings (SSSR count). The van der Waals surface area contributed by atoms with Crippen molar-refractivity contribution in [2.75, 3.05) is 6.54 Å². The van der Waals surface area contributed by atoms with Crippen LogP contribution in [0.3, 0.4) is 0 Å². The number of imidazole rings is 1. The Kier molecular flexibility index (Phi) is 4.21. The number of rotatable bonds is 4. The highest BCUT2D eigenvalue weighted by atomic mass is 16.2. The first kappa shape index (κ1) is 15.7. The van der Waals surface area contributed by atoms with Crippen molar-refractivity contribution in [2.24, 2.45) is 7.05 Å². The van der Waals surface area contributed by atoms with E-state index >= 15 is 0 Å². The fourth-order valence-electron chi connectivity index (χ4n) is 3.11. The van der Waals surface area contributed by atoms with Crippen molar-refractivity contribution in [3.8, 4) is 0 Å². The maximum Gasteiger partial charge on any atom is 0.244 e. The molecule has 1 N–H and O–H groups in total. The predicted octanol–water partition coefficient (Wildman–Crippen LogP) is 1.01. The second-order valence-electron chi connectivity index (χ2n) is 6.54. The minimum Gasteiger partial charge on any atom is -0.352 e. The predicted molar refractivity (Wildman–Crippen MR) is 86.6 cm³/mol. The Labute approximate surface area is 136 Å². The van der Waals surface area contributed by atoms with Crippen molar-refractivity contribution in [1.82, 2.24) is 29.5 Å². The Morgan fingerprint density at radius 2 is 2.26 bits per heavy atom. The van der Waals surface area contributed by atoms with Crippen LogP contribution < -0.4 is 5.32 Å². The zero-order chi connectivity index (χ0) is 16.6. The van der Waals surface area contributed by atoms with Gasteiger partial charge in [0.15, 0.2) is 0 Å². The van der Waals surface area contributed by atoms with Crippen LogP contribution in [0.25, 0.3) is 0 Å². The van der Waals surface area contributed by atoms with Gasteiger partial charge in [-0.3, -0.25) is 14.4 Å². The number of hydrogen-bond acceptors (Lipinski definition) is 4. The first-order valence-electron chi connectivity index (χ1n) is 7.97. The van der Waals surface area contributed by atoms with Crippen molar-refractivity contribution in [2.45, 2.75) is 45.9 Å². The molecule has 0 radical (unpaired) electrons. The van der Waals surface area contributed by atoms with Gasteiger partial charge in [0.25, 0.3) is 0 Å². The lowest BCUT2D eigenvalue weighted by atomic mass is 10.1. The SMILES string of the molecule is Cc1cc(CN2Cc3cncn3[C@@H](C(=O)NC(C)C)C2)n(C)n1. The third-order valence-electron chi connectivity index (χ3n) is 4.12. The van der Waals surface area contributed by atoms with Crippen LogP contribution in [-0.2, 0) is 24.9 Å². The number of amides is 1. The molecule has 0 fully saturated rings. The second kappa shape index (κ2) is 6.16. The van der Waals surface area contributed by atoms with E-state index in [4.69, 9.17) is 0 Å². The van der Waals surface area contributed by atoms with Gasteiger partial charge < -0.3 is 9.88 Å². The van der Waals surface area contributed by atoms with Crippen LogP contribution >= 0.6 is 0 Å². The van der Waals surface area contributed by atoms with E-state index in [0.29, 0.717) is 6.54 Å². The molecule has 0 saturated heterocycles. The third kappa shape index (κ3) is 3.29. The van der Waals surface area contributed by atoms with Crippen molar-refractivity contribution in [1.29, 1.82) is 0 Å². The van der Waals surface area contributed by atoms with E-state index in [2.05, 4.69) is 26.4 Å². The standard InChI is InChI=1S/C16H24N6O/c1-11(2)18-16(23)15-9-21(8-14-6-17-10-22(14)15)7-13-5-12(3)19-20(13)4/h5-6,10-11,15H,7-9H2,1-4H3,(H,18,23)/t15-/m1/s1. The summed E-state index contributed by atoms with van der Waals surface area (Å²) in [6, 6.07) is 1.98. The van der Waals surface area contributed by atoms with Crippen molar-refractivity contribution < 1.29 is 4.79 Å². The summed E-state index contributed by atoms with van der Waals surface area (Å²) in [5.41, 5.74) is 3.23. The summed E-state index contributed by atoms with van der Waals surface area (Å²) in [6.07, 6.45) is 3.60. The first-order chi connectivity index (χ1) is 10.9. The third-order valence-corrected chi connectivity index (χ3v) is 4.12. The van der Waals surface area contributed by atoms with Crippen molar-refractivity contribution in [3.05, 3.63) is 35.7 Å². The molecule has 23 heavy (non-hydrogen) atoms. The lowest BCUT2D eigenvalue weighted by molar-refractivity contribution is -0.126. The molecule has 7 nitrogen and oxygen atoms in total. The highest BCUT2D eigenvalue weighted by Gasteiger charge is 2.30. The van der Waals surface area contributed by atoms with Gasteiger partial charge in [-0.15, -0.1) is 0 Å². The largest absolute Gasteiger partial charge is 0.352 e. The Morgan fingerprint density at radius 3 is 2.91 bits per heavy atom. The topological polar surface area (TPSA) is 68.0 Å². The summed E-state index contributed by atoms with van der Waals surface area (Å²) in [6.45, 7) is 8.18.